The van der Waals surface area contributed by atoms with Crippen molar-refractivity contribution in [2.75, 3.05) is 24.7 Å². The third-order valence-corrected chi connectivity index (χ3v) is 4.05. The molecule has 3 heterocycles. The molecular formula is C14H19FN2O. The van der Waals surface area contributed by atoms with Crippen LogP contribution in [0.4, 0.5) is 10.2 Å². The summed E-state index contributed by atoms with van der Waals surface area (Å²) in [4.78, 5) is 6.36. The molecule has 2 aliphatic rings. The predicted octanol–water partition coefficient (Wildman–Crippen LogP) is 2.62. The molecule has 2 atom stereocenters. The monoisotopic (exact) mass is 250 g/mol. The van der Waals surface area contributed by atoms with Crippen LogP contribution in [0.1, 0.15) is 25.7 Å². The van der Waals surface area contributed by atoms with E-state index in [1.807, 2.05) is 0 Å². The number of anilines is 1. The van der Waals surface area contributed by atoms with Crippen molar-refractivity contribution in [2.24, 2.45) is 5.92 Å². The topological polar surface area (TPSA) is 25.4 Å². The summed E-state index contributed by atoms with van der Waals surface area (Å²) in [6.07, 6.45) is 6.24. The van der Waals surface area contributed by atoms with Gasteiger partial charge < -0.3 is 9.64 Å². The molecule has 0 aromatic carbocycles. The van der Waals surface area contributed by atoms with E-state index in [0.29, 0.717) is 17.8 Å². The first-order valence-corrected chi connectivity index (χ1v) is 6.81. The van der Waals surface area contributed by atoms with Crippen molar-refractivity contribution < 1.29 is 9.13 Å². The van der Waals surface area contributed by atoms with Crippen LogP contribution in [0.2, 0.25) is 0 Å². The lowest BCUT2D eigenvalue weighted by molar-refractivity contribution is 0.0453. The van der Waals surface area contributed by atoms with Crippen LogP contribution >= 0.6 is 0 Å². The first-order chi connectivity index (χ1) is 8.86. The Hall–Kier alpha value is -1.16. The quantitative estimate of drug-likeness (QED) is 0.806. The molecule has 2 unspecified atom stereocenters. The van der Waals surface area contributed by atoms with Crippen molar-refractivity contribution >= 4 is 5.82 Å². The maximum absolute atomic E-state index is 13.8. The molecule has 4 heteroatoms. The maximum Gasteiger partial charge on any atom is 0.165 e. The van der Waals surface area contributed by atoms with Crippen LogP contribution in [0.15, 0.2) is 18.3 Å². The van der Waals surface area contributed by atoms with Crippen LogP contribution in [-0.2, 0) is 4.74 Å². The summed E-state index contributed by atoms with van der Waals surface area (Å²) in [5.74, 6) is 0.842. The van der Waals surface area contributed by atoms with Crippen LogP contribution < -0.4 is 4.90 Å². The Morgan fingerprint density at radius 1 is 1.33 bits per heavy atom. The molecule has 3 rings (SSSR count). The summed E-state index contributed by atoms with van der Waals surface area (Å²) in [6, 6.07) is 3.54. The van der Waals surface area contributed by atoms with E-state index in [4.69, 9.17) is 4.74 Å². The fraction of sp³-hybridized carbons (Fsp3) is 0.643. The fourth-order valence-electron chi connectivity index (χ4n) is 3.20. The molecule has 1 aromatic rings. The Labute approximate surface area is 107 Å². The molecule has 3 nitrogen and oxygen atoms in total. The van der Waals surface area contributed by atoms with Gasteiger partial charge in [-0.15, -0.1) is 0 Å². The summed E-state index contributed by atoms with van der Waals surface area (Å²) in [6.45, 7) is 2.60. The predicted molar refractivity (Wildman–Crippen MR) is 68.1 cm³/mol. The zero-order chi connectivity index (χ0) is 12.4. The van der Waals surface area contributed by atoms with E-state index in [1.165, 1.54) is 12.5 Å². The zero-order valence-electron chi connectivity index (χ0n) is 10.5. The Morgan fingerprint density at radius 2 is 2.28 bits per heavy atom. The molecule has 0 radical (unpaired) electrons. The minimum atomic E-state index is -0.207. The number of nitrogens with zero attached hydrogens (tertiary/aromatic N) is 2. The van der Waals surface area contributed by atoms with Crippen molar-refractivity contribution in [3.63, 3.8) is 0 Å². The molecule has 98 valence electrons. The summed E-state index contributed by atoms with van der Waals surface area (Å²) in [7, 11) is 0. The second-order valence-electron chi connectivity index (χ2n) is 5.19. The number of hydrogen-bond donors (Lipinski definition) is 0. The lowest BCUT2D eigenvalue weighted by Gasteiger charge is -2.34. The Morgan fingerprint density at radius 3 is 3.06 bits per heavy atom. The normalized spacial score (nSPS) is 28.6. The van der Waals surface area contributed by atoms with E-state index in [0.717, 1.165) is 39.0 Å². The Bertz CT molecular complexity index is 407. The molecule has 2 saturated heterocycles. The molecular weight excluding hydrogens is 231 g/mol. The Balaban J connectivity index is 1.80. The van der Waals surface area contributed by atoms with E-state index < -0.39 is 0 Å². The summed E-state index contributed by atoms with van der Waals surface area (Å²) >= 11 is 0. The van der Waals surface area contributed by atoms with Gasteiger partial charge >= 0.3 is 0 Å². The lowest BCUT2D eigenvalue weighted by Crippen LogP contribution is -2.40. The summed E-state index contributed by atoms with van der Waals surface area (Å²) in [5, 5.41) is 0. The smallest absolute Gasteiger partial charge is 0.165 e. The highest BCUT2D eigenvalue weighted by Crippen LogP contribution is 2.33. The molecule has 2 aliphatic heterocycles. The average Bonchev–Trinajstić information content (AvgIpc) is 2.89. The zero-order valence-corrected chi connectivity index (χ0v) is 10.5. The van der Waals surface area contributed by atoms with Gasteiger partial charge in [-0.2, -0.15) is 0 Å². The highest BCUT2D eigenvalue weighted by molar-refractivity contribution is 5.42. The van der Waals surface area contributed by atoms with E-state index in [2.05, 4.69) is 9.88 Å². The number of ether oxygens (including phenoxy) is 1. The standard InChI is InChI=1S/C14H19FN2O/c15-12-5-1-7-16-14(12)17-8-2-6-13(17)11-4-3-9-18-10-11/h1,5,7,11,13H,2-4,6,8-10H2. The molecule has 0 bridgehead atoms. The lowest BCUT2D eigenvalue weighted by atomic mass is 9.92. The van der Waals surface area contributed by atoms with Crippen molar-refractivity contribution in [3.8, 4) is 0 Å². The first kappa shape index (κ1) is 11.9. The van der Waals surface area contributed by atoms with Gasteiger partial charge in [0.25, 0.3) is 0 Å². The van der Waals surface area contributed by atoms with Gasteiger partial charge in [0.2, 0.25) is 0 Å². The van der Waals surface area contributed by atoms with Gasteiger partial charge in [-0.25, -0.2) is 9.37 Å². The average molecular weight is 250 g/mol. The van der Waals surface area contributed by atoms with Crippen LogP contribution in [0, 0.1) is 11.7 Å². The number of pyridine rings is 1. The molecule has 18 heavy (non-hydrogen) atoms. The third kappa shape index (κ3) is 2.21. The van der Waals surface area contributed by atoms with Crippen molar-refractivity contribution in [1.29, 1.82) is 0 Å². The van der Waals surface area contributed by atoms with Crippen LogP contribution in [0.25, 0.3) is 0 Å². The second-order valence-corrected chi connectivity index (χ2v) is 5.19. The highest BCUT2D eigenvalue weighted by Gasteiger charge is 2.34. The van der Waals surface area contributed by atoms with Crippen molar-refractivity contribution in [3.05, 3.63) is 24.1 Å². The van der Waals surface area contributed by atoms with E-state index in [9.17, 15) is 4.39 Å². The number of rotatable bonds is 2. The van der Waals surface area contributed by atoms with Gasteiger partial charge in [0.15, 0.2) is 11.6 Å². The molecule has 0 spiro atoms. The second kappa shape index (κ2) is 5.22. The molecule has 0 saturated carbocycles. The Kier molecular flexibility index (Phi) is 3.46. The maximum atomic E-state index is 13.8. The third-order valence-electron chi connectivity index (χ3n) is 4.05. The van der Waals surface area contributed by atoms with Gasteiger partial charge in [0, 0.05) is 31.3 Å². The van der Waals surface area contributed by atoms with Gasteiger partial charge in [-0.3, -0.25) is 0 Å². The minimum absolute atomic E-state index is 0.207. The molecule has 2 fully saturated rings. The SMILES string of the molecule is Fc1cccnc1N1CCCC1C1CCCOC1. The van der Waals surface area contributed by atoms with Crippen LogP contribution in [0.3, 0.4) is 0 Å². The van der Waals surface area contributed by atoms with Gasteiger partial charge in [0.1, 0.15) is 0 Å². The van der Waals surface area contributed by atoms with Crippen LogP contribution in [0.5, 0.6) is 0 Å². The number of hydrogen-bond acceptors (Lipinski definition) is 3. The van der Waals surface area contributed by atoms with Crippen molar-refractivity contribution in [2.45, 2.75) is 31.7 Å². The molecule has 0 N–H and O–H groups in total. The number of aromatic nitrogens is 1. The molecule has 0 aliphatic carbocycles. The summed E-state index contributed by atoms with van der Waals surface area (Å²) < 4.78 is 19.4. The largest absolute Gasteiger partial charge is 0.381 e. The van der Waals surface area contributed by atoms with Gasteiger partial charge in [0.05, 0.1) is 6.61 Å². The van der Waals surface area contributed by atoms with E-state index in [1.54, 1.807) is 12.3 Å². The molecule has 0 amide bonds. The number of halogens is 1. The van der Waals surface area contributed by atoms with Crippen LogP contribution in [-0.4, -0.2) is 30.8 Å². The first-order valence-electron chi connectivity index (χ1n) is 6.81. The highest BCUT2D eigenvalue weighted by atomic mass is 19.1. The van der Waals surface area contributed by atoms with Crippen molar-refractivity contribution in [1.82, 2.24) is 4.98 Å². The van der Waals surface area contributed by atoms with Gasteiger partial charge in [-0.1, -0.05) is 0 Å². The van der Waals surface area contributed by atoms with E-state index >= 15 is 0 Å². The van der Waals surface area contributed by atoms with E-state index in [-0.39, 0.29) is 5.82 Å². The fourth-order valence-corrected chi connectivity index (χ4v) is 3.20. The van der Waals surface area contributed by atoms with Gasteiger partial charge in [-0.05, 0) is 37.8 Å². The summed E-state index contributed by atoms with van der Waals surface area (Å²) in [5.41, 5.74) is 0. The molecule has 1 aromatic heterocycles. The minimum Gasteiger partial charge on any atom is -0.381 e.